The van der Waals surface area contributed by atoms with Gasteiger partial charge < -0.3 is 4.74 Å². The van der Waals surface area contributed by atoms with Gasteiger partial charge in [0, 0.05) is 4.47 Å². The second-order valence-corrected chi connectivity index (χ2v) is 8.29. The predicted molar refractivity (Wildman–Crippen MR) is 106 cm³/mol. The van der Waals surface area contributed by atoms with Crippen LogP contribution < -0.4 is 9.64 Å². The Kier molecular flexibility index (Phi) is 3.98. The molecule has 2 aliphatic carbocycles. The SMILES string of the molecule is O=C(Oc1ccccc1N1C(=O)[C@@H]2[C@@H](C1=O)[C@H]1C=C[C@H]2C1)c1ccc(Br)cc1. The molecule has 0 spiro atoms. The van der Waals surface area contributed by atoms with Crippen LogP contribution in [0.4, 0.5) is 5.69 Å². The van der Waals surface area contributed by atoms with Gasteiger partial charge >= 0.3 is 5.97 Å². The van der Waals surface area contributed by atoms with E-state index >= 15 is 0 Å². The Balaban J connectivity index is 1.46. The van der Waals surface area contributed by atoms with Crippen molar-refractivity contribution < 1.29 is 19.1 Å². The van der Waals surface area contributed by atoms with Gasteiger partial charge in [-0.05, 0) is 54.7 Å². The quantitative estimate of drug-likeness (QED) is 0.315. The first-order valence-corrected chi connectivity index (χ1v) is 9.97. The van der Waals surface area contributed by atoms with Crippen LogP contribution >= 0.6 is 15.9 Å². The summed E-state index contributed by atoms with van der Waals surface area (Å²) < 4.78 is 6.41. The van der Waals surface area contributed by atoms with Crippen molar-refractivity contribution in [3.63, 3.8) is 0 Å². The van der Waals surface area contributed by atoms with Gasteiger partial charge in [0.2, 0.25) is 11.8 Å². The lowest BCUT2D eigenvalue weighted by molar-refractivity contribution is -0.123. The molecule has 1 heterocycles. The van der Waals surface area contributed by atoms with Gasteiger partial charge in [-0.2, -0.15) is 0 Å². The van der Waals surface area contributed by atoms with E-state index in [0.717, 1.165) is 10.9 Å². The number of hydrogen-bond acceptors (Lipinski definition) is 4. The number of hydrogen-bond donors (Lipinski definition) is 0. The minimum atomic E-state index is -0.541. The molecular weight excluding hydrogens is 422 g/mol. The van der Waals surface area contributed by atoms with Crippen LogP contribution in [0.25, 0.3) is 0 Å². The number of esters is 1. The van der Waals surface area contributed by atoms with Crippen LogP contribution in [0.1, 0.15) is 16.8 Å². The Bertz CT molecular complexity index is 999. The standard InChI is InChI=1S/C22H16BrNO4/c23-15-9-7-12(8-10-15)22(27)28-17-4-2-1-3-16(17)24-20(25)18-13-5-6-14(11-13)19(18)21(24)26/h1-10,13-14,18-19H,11H2/t13-,14-,18-,19-/m0/s1. The van der Waals surface area contributed by atoms with Crippen molar-refractivity contribution in [2.45, 2.75) is 6.42 Å². The first-order valence-electron chi connectivity index (χ1n) is 9.17. The van der Waals surface area contributed by atoms with Crippen LogP contribution in [0, 0.1) is 23.7 Å². The normalized spacial score (nSPS) is 27.4. The number of fused-ring (bicyclic) bond motifs is 5. The number of allylic oxidation sites excluding steroid dienone is 2. The number of carbonyl (C=O) groups excluding carboxylic acids is 3. The van der Waals surface area contributed by atoms with E-state index in [1.54, 1.807) is 48.5 Å². The lowest BCUT2D eigenvalue weighted by Crippen LogP contribution is -2.33. The molecule has 2 amide bonds. The summed E-state index contributed by atoms with van der Waals surface area (Å²) in [5.41, 5.74) is 0.716. The molecule has 1 saturated carbocycles. The number of carbonyl (C=O) groups is 3. The summed E-state index contributed by atoms with van der Waals surface area (Å²) in [6.07, 6.45) is 4.99. The summed E-state index contributed by atoms with van der Waals surface area (Å²) in [4.78, 5) is 39.9. The first-order chi connectivity index (χ1) is 13.5. The molecule has 2 aromatic rings. The molecular formula is C22H16BrNO4. The predicted octanol–water partition coefficient (Wildman–Crippen LogP) is 3.98. The molecule has 2 aromatic carbocycles. The van der Waals surface area contributed by atoms with E-state index in [0.29, 0.717) is 11.3 Å². The van der Waals surface area contributed by atoms with E-state index in [4.69, 9.17) is 4.74 Å². The van der Waals surface area contributed by atoms with Gasteiger partial charge in [-0.1, -0.05) is 40.2 Å². The molecule has 6 heteroatoms. The topological polar surface area (TPSA) is 63.7 Å². The fourth-order valence-electron chi connectivity index (χ4n) is 4.61. The summed E-state index contributed by atoms with van der Waals surface area (Å²) in [6.45, 7) is 0. The Labute approximate surface area is 170 Å². The third-order valence-corrected chi connectivity index (χ3v) is 6.39. The Morgan fingerprint density at radius 3 is 2.18 bits per heavy atom. The summed E-state index contributed by atoms with van der Waals surface area (Å²) >= 11 is 3.33. The average molecular weight is 438 g/mol. The van der Waals surface area contributed by atoms with E-state index in [9.17, 15) is 14.4 Å². The van der Waals surface area contributed by atoms with Crippen molar-refractivity contribution >= 4 is 39.4 Å². The van der Waals surface area contributed by atoms with Crippen molar-refractivity contribution in [1.82, 2.24) is 0 Å². The number of benzene rings is 2. The van der Waals surface area contributed by atoms with Crippen LogP contribution in [0.3, 0.4) is 0 Å². The van der Waals surface area contributed by atoms with Gasteiger partial charge in [0.15, 0.2) is 5.75 Å². The number of para-hydroxylation sites is 2. The Morgan fingerprint density at radius 2 is 1.54 bits per heavy atom. The molecule has 4 atom stereocenters. The molecule has 3 aliphatic rings. The van der Waals surface area contributed by atoms with Crippen molar-refractivity contribution in [2.24, 2.45) is 23.7 Å². The fraction of sp³-hybridized carbons (Fsp3) is 0.227. The monoisotopic (exact) mass is 437 g/mol. The van der Waals surface area contributed by atoms with Crippen molar-refractivity contribution in [3.8, 4) is 5.75 Å². The molecule has 0 aromatic heterocycles. The number of nitrogens with zero attached hydrogens (tertiary/aromatic N) is 1. The largest absolute Gasteiger partial charge is 0.421 e. The van der Waals surface area contributed by atoms with Crippen molar-refractivity contribution in [1.29, 1.82) is 0 Å². The fourth-order valence-corrected chi connectivity index (χ4v) is 4.88. The smallest absolute Gasteiger partial charge is 0.343 e. The molecule has 140 valence electrons. The van der Waals surface area contributed by atoms with E-state index in [1.165, 1.54) is 4.90 Å². The van der Waals surface area contributed by atoms with Crippen LogP contribution in [0.5, 0.6) is 5.75 Å². The highest BCUT2D eigenvalue weighted by atomic mass is 79.9. The maximum atomic E-state index is 13.1. The highest BCUT2D eigenvalue weighted by Gasteiger charge is 2.59. The van der Waals surface area contributed by atoms with E-state index in [2.05, 4.69) is 28.1 Å². The van der Waals surface area contributed by atoms with Gasteiger partial charge in [-0.25, -0.2) is 9.69 Å². The summed E-state index contributed by atoms with van der Waals surface area (Å²) in [7, 11) is 0. The van der Waals surface area contributed by atoms with Gasteiger partial charge in [-0.3, -0.25) is 9.59 Å². The van der Waals surface area contributed by atoms with Crippen molar-refractivity contribution in [2.75, 3.05) is 4.90 Å². The number of ether oxygens (including phenoxy) is 1. The van der Waals surface area contributed by atoms with Gasteiger partial charge in [-0.15, -0.1) is 0 Å². The first kappa shape index (κ1) is 17.4. The number of halogens is 1. The molecule has 5 nitrogen and oxygen atoms in total. The average Bonchev–Trinajstić information content (AvgIpc) is 3.37. The van der Waals surface area contributed by atoms with Crippen LogP contribution in [-0.4, -0.2) is 17.8 Å². The molecule has 1 aliphatic heterocycles. The molecule has 2 fully saturated rings. The van der Waals surface area contributed by atoms with Gasteiger partial charge in [0.05, 0.1) is 23.1 Å². The molecule has 28 heavy (non-hydrogen) atoms. The number of rotatable bonds is 3. The molecule has 2 bridgehead atoms. The van der Waals surface area contributed by atoms with E-state index < -0.39 is 5.97 Å². The van der Waals surface area contributed by atoms with Crippen molar-refractivity contribution in [3.05, 3.63) is 70.7 Å². The molecule has 0 unspecified atom stereocenters. The molecule has 5 rings (SSSR count). The molecule has 0 N–H and O–H groups in total. The number of anilines is 1. The third-order valence-electron chi connectivity index (χ3n) is 5.86. The molecule has 0 radical (unpaired) electrons. The van der Waals surface area contributed by atoms with Gasteiger partial charge in [0.1, 0.15) is 0 Å². The second kappa shape index (κ2) is 6.41. The zero-order chi connectivity index (χ0) is 19.4. The Morgan fingerprint density at radius 1 is 0.929 bits per heavy atom. The minimum absolute atomic E-state index is 0.133. The van der Waals surface area contributed by atoms with Crippen LogP contribution in [0.15, 0.2) is 65.2 Å². The second-order valence-electron chi connectivity index (χ2n) is 7.38. The lowest BCUT2D eigenvalue weighted by Gasteiger charge is -2.20. The maximum absolute atomic E-state index is 13.1. The van der Waals surface area contributed by atoms with E-state index in [-0.39, 0.29) is 41.2 Å². The van der Waals surface area contributed by atoms with E-state index in [1.807, 2.05) is 0 Å². The summed E-state index contributed by atoms with van der Waals surface area (Å²) in [6, 6.07) is 13.5. The maximum Gasteiger partial charge on any atom is 0.343 e. The highest BCUT2D eigenvalue weighted by molar-refractivity contribution is 9.10. The Hall–Kier alpha value is -2.73. The summed E-state index contributed by atoms with van der Waals surface area (Å²) in [5, 5.41) is 0. The zero-order valence-electron chi connectivity index (χ0n) is 14.7. The third kappa shape index (κ3) is 2.55. The number of amides is 2. The lowest BCUT2D eigenvalue weighted by atomic mass is 9.85. The van der Waals surface area contributed by atoms with Crippen LogP contribution in [0.2, 0.25) is 0 Å². The zero-order valence-corrected chi connectivity index (χ0v) is 16.3. The van der Waals surface area contributed by atoms with Crippen LogP contribution in [-0.2, 0) is 9.59 Å². The highest BCUT2D eigenvalue weighted by Crippen LogP contribution is 2.53. The minimum Gasteiger partial charge on any atom is -0.421 e. The van der Waals surface area contributed by atoms with Gasteiger partial charge in [0.25, 0.3) is 0 Å². The summed E-state index contributed by atoms with van der Waals surface area (Å²) in [5.74, 6) is -1.05. The number of imide groups is 1. The molecule has 1 saturated heterocycles.